The van der Waals surface area contributed by atoms with Crippen LogP contribution >= 0.6 is 11.8 Å². The van der Waals surface area contributed by atoms with Gasteiger partial charge in [0.25, 0.3) is 5.91 Å². The molecule has 0 aromatic heterocycles. The van der Waals surface area contributed by atoms with Crippen molar-refractivity contribution in [3.63, 3.8) is 0 Å². The maximum absolute atomic E-state index is 12.2. The Hall–Kier alpha value is -0.750. The number of thioether (sulfide) groups is 1. The summed E-state index contributed by atoms with van der Waals surface area (Å²) in [6.07, 6.45) is 2.23. The number of hydrogen-bond donors (Lipinski definition) is 1. The van der Waals surface area contributed by atoms with Crippen LogP contribution in [0.3, 0.4) is 0 Å². The highest BCUT2D eigenvalue weighted by Gasteiger charge is 2.42. The Morgan fingerprint density at radius 1 is 1.41 bits per heavy atom. The van der Waals surface area contributed by atoms with Crippen molar-refractivity contribution in [3.8, 4) is 0 Å². The zero-order valence-corrected chi connectivity index (χ0v) is 10.6. The monoisotopic (exact) mass is 259 g/mol. The van der Waals surface area contributed by atoms with Crippen LogP contribution in [0.2, 0.25) is 0 Å². The minimum absolute atomic E-state index is 0.0749. The fraction of sp³-hybridized carbons (Fsp3) is 0.818. The first kappa shape index (κ1) is 12.7. The molecule has 2 rings (SSSR count). The number of amides is 1. The van der Waals surface area contributed by atoms with E-state index in [9.17, 15) is 9.59 Å². The lowest BCUT2D eigenvalue weighted by Crippen LogP contribution is -2.50. The van der Waals surface area contributed by atoms with Crippen molar-refractivity contribution in [1.82, 2.24) is 4.90 Å². The van der Waals surface area contributed by atoms with Gasteiger partial charge in [-0.05, 0) is 26.2 Å². The van der Waals surface area contributed by atoms with Crippen LogP contribution in [-0.2, 0) is 14.3 Å². The first-order valence-corrected chi connectivity index (χ1v) is 6.94. The van der Waals surface area contributed by atoms with Crippen molar-refractivity contribution < 1.29 is 19.4 Å². The second-order valence-electron chi connectivity index (χ2n) is 4.39. The third kappa shape index (κ3) is 2.57. The molecule has 0 bridgehead atoms. The summed E-state index contributed by atoms with van der Waals surface area (Å²) in [5, 5.41) is 9.03. The van der Waals surface area contributed by atoms with Crippen LogP contribution < -0.4 is 0 Å². The summed E-state index contributed by atoms with van der Waals surface area (Å²) in [5.74, 6) is -0.616. The smallest absolute Gasteiger partial charge is 0.327 e. The van der Waals surface area contributed by atoms with Crippen LogP contribution in [0.15, 0.2) is 0 Å². The summed E-state index contributed by atoms with van der Waals surface area (Å²) in [5.41, 5.74) is 0. The van der Waals surface area contributed by atoms with Gasteiger partial charge in [0.15, 0.2) is 0 Å². The molecule has 6 heteroatoms. The molecule has 0 aromatic carbocycles. The molecule has 0 aliphatic carbocycles. The Bertz CT molecular complexity index is 317. The molecule has 2 saturated heterocycles. The van der Waals surface area contributed by atoms with E-state index >= 15 is 0 Å². The van der Waals surface area contributed by atoms with E-state index in [2.05, 4.69) is 0 Å². The van der Waals surface area contributed by atoms with Crippen molar-refractivity contribution in [2.75, 3.05) is 12.4 Å². The highest BCUT2D eigenvalue weighted by atomic mass is 32.2. The average molecular weight is 259 g/mol. The van der Waals surface area contributed by atoms with Gasteiger partial charge in [-0.15, -0.1) is 11.8 Å². The molecule has 5 nitrogen and oxygen atoms in total. The van der Waals surface area contributed by atoms with Gasteiger partial charge in [0.2, 0.25) is 0 Å². The Kier molecular flexibility index (Phi) is 3.93. The molecule has 2 fully saturated rings. The molecule has 3 atom stereocenters. The molecule has 2 aliphatic heterocycles. The summed E-state index contributed by atoms with van der Waals surface area (Å²) < 4.78 is 5.44. The predicted molar refractivity (Wildman–Crippen MR) is 63.8 cm³/mol. The Morgan fingerprint density at radius 3 is 2.76 bits per heavy atom. The van der Waals surface area contributed by atoms with Gasteiger partial charge in [-0.25, -0.2) is 4.79 Å². The first-order chi connectivity index (χ1) is 8.11. The highest BCUT2D eigenvalue weighted by Crippen LogP contribution is 2.30. The summed E-state index contributed by atoms with van der Waals surface area (Å²) in [4.78, 5) is 24.8. The van der Waals surface area contributed by atoms with Gasteiger partial charge >= 0.3 is 5.97 Å². The Balaban J connectivity index is 2.07. The summed E-state index contributed by atoms with van der Waals surface area (Å²) >= 11 is 1.50. The molecule has 2 aliphatic rings. The molecule has 0 radical (unpaired) electrons. The van der Waals surface area contributed by atoms with E-state index in [-0.39, 0.29) is 11.3 Å². The van der Waals surface area contributed by atoms with E-state index in [4.69, 9.17) is 9.84 Å². The number of aliphatic carboxylic acids is 1. The van der Waals surface area contributed by atoms with Crippen molar-refractivity contribution >= 4 is 23.6 Å². The normalized spacial score (nSPS) is 33.7. The van der Waals surface area contributed by atoms with E-state index in [0.717, 1.165) is 12.8 Å². The lowest BCUT2D eigenvalue weighted by Gasteiger charge is -2.31. The summed E-state index contributed by atoms with van der Waals surface area (Å²) in [7, 11) is 0. The highest BCUT2D eigenvalue weighted by molar-refractivity contribution is 8.00. The van der Waals surface area contributed by atoms with E-state index in [1.54, 1.807) is 0 Å². The maximum Gasteiger partial charge on any atom is 0.327 e. The molecular formula is C11H17NO4S. The van der Waals surface area contributed by atoms with Gasteiger partial charge in [-0.2, -0.15) is 0 Å². The van der Waals surface area contributed by atoms with Crippen LogP contribution in [-0.4, -0.2) is 51.8 Å². The number of carbonyl (C=O) groups is 2. The molecule has 96 valence electrons. The minimum atomic E-state index is -0.925. The molecule has 1 N–H and O–H groups in total. The average Bonchev–Trinajstić information content (AvgIpc) is 2.71. The van der Waals surface area contributed by atoms with Crippen LogP contribution in [0.5, 0.6) is 0 Å². The second-order valence-corrected chi connectivity index (χ2v) is 5.74. The van der Waals surface area contributed by atoms with Crippen LogP contribution in [0.4, 0.5) is 0 Å². The first-order valence-electron chi connectivity index (χ1n) is 5.89. The molecule has 0 spiro atoms. The molecular weight excluding hydrogens is 242 g/mol. The largest absolute Gasteiger partial charge is 0.480 e. The summed E-state index contributed by atoms with van der Waals surface area (Å²) in [6.45, 7) is 2.47. The van der Waals surface area contributed by atoms with Gasteiger partial charge in [-0.1, -0.05) is 0 Å². The van der Waals surface area contributed by atoms with E-state index in [1.807, 2.05) is 6.92 Å². The maximum atomic E-state index is 12.2. The number of hydrogen-bond acceptors (Lipinski definition) is 4. The third-order valence-corrected chi connectivity index (χ3v) is 4.44. The fourth-order valence-corrected chi connectivity index (χ4v) is 3.44. The minimum Gasteiger partial charge on any atom is -0.480 e. The van der Waals surface area contributed by atoms with Gasteiger partial charge < -0.3 is 14.7 Å². The third-order valence-electron chi connectivity index (χ3n) is 3.22. The van der Waals surface area contributed by atoms with Crippen LogP contribution in [0.1, 0.15) is 26.2 Å². The van der Waals surface area contributed by atoms with Crippen molar-refractivity contribution in [2.45, 2.75) is 43.7 Å². The van der Waals surface area contributed by atoms with Crippen molar-refractivity contribution in [3.05, 3.63) is 0 Å². The van der Waals surface area contributed by atoms with E-state index < -0.39 is 18.1 Å². The van der Waals surface area contributed by atoms with Gasteiger partial charge in [-0.3, -0.25) is 4.79 Å². The second kappa shape index (κ2) is 5.27. The summed E-state index contributed by atoms with van der Waals surface area (Å²) in [6, 6.07) is -0.701. The van der Waals surface area contributed by atoms with Gasteiger partial charge in [0.05, 0.1) is 5.37 Å². The number of rotatable bonds is 2. The zero-order chi connectivity index (χ0) is 12.4. The molecule has 3 unspecified atom stereocenters. The van der Waals surface area contributed by atoms with Crippen LogP contribution in [0, 0.1) is 0 Å². The Labute approximate surface area is 104 Å². The SMILES string of the molecule is CC1SCC(C(=O)O)N1C(=O)C1CCCCO1. The number of carboxylic acid groups (broad SMARTS) is 1. The molecule has 0 saturated carbocycles. The lowest BCUT2D eigenvalue weighted by atomic mass is 10.1. The molecule has 0 aromatic rings. The molecule has 17 heavy (non-hydrogen) atoms. The fourth-order valence-electron chi connectivity index (χ4n) is 2.27. The van der Waals surface area contributed by atoms with E-state index in [1.165, 1.54) is 16.7 Å². The zero-order valence-electron chi connectivity index (χ0n) is 9.80. The topological polar surface area (TPSA) is 66.8 Å². The molecule has 2 heterocycles. The van der Waals surface area contributed by atoms with Crippen molar-refractivity contribution in [2.24, 2.45) is 0 Å². The standard InChI is InChI=1S/C11H17NO4S/c1-7-12(8(6-17-7)11(14)15)10(13)9-4-2-3-5-16-9/h7-9H,2-6H2,1H3,(H,14,15). The molecule has 1 amide bonds. The van der Waals surface area contributed by atoms with Crippen LogP contribution in [0.25, 0.3) is 0 Å². The van der Waals surface area contributed by atoms with Gasteiger partial charge in [0.1, 0.15) is 12.1 Å². The van der Waals surface area contributed by atoms with Crippen molar-refractivity contribution in [1.29, 1.82) is 0 Å². The number of ether oxygens (including phenoxy) is 1. The van der Waals surface area contributed by atoms with Gasteiger partial charge in [0, 0.05) is 12.4 Å². The Morgan fingerprint density at radius 2 is 2.18 bits per heavy atom. The number of carbonyl (C=O) groups excluding carboxylic acids is 1. The predicted octanol–water partition coefficient (Wildman–Crippen LogP) is 0.930. The quantitative estimate of drug-likeness (QED) is 0.799. The number of carboxylic acids is 1. The van der Waals surface area contributed by atoms with E-state index in [0.29, 0.717) is 18.8 Å². The lowest BCUT2D eigenvalue weighted by molar-refractivity contribution is -0.156. The number of nitrogens with zero attached hydrogens (tertiary/aromatic N) is 1.